The van der Waals surface area contributed by atoms with E-state index in [1.165, 1.54) is 25.1 Å². The molecular formula is C24H23N5O4S. The minimum atomic E-state index is -3.51. The summed E-state index contributed by atoms with van der Waals surface area (Å²) in [5, 5.41) is 18.1. The maximum absolute atomic E-state index is 13.5. The van der Waals surface area contributed by atoms with E-state index in [1.807, 2.05) is 18.2 Å². The Morgan fingerprint density at radius 2 is 2.00 bits per heavy atom. The summed E-state index contributed by atoms with van der Waals surface area (Å²) in [5.74, 6) is 0.0564. The molecule has 9 nitrogen and oxygen atoms in total. The van der Waals surface area contributed by atoms with Crippen LogP contribution in [0.25, 0.3) is 16.9 Å². The van der Waals surface area contributed by atoms with E-state index >= 15 is 0 Å². The molecule has 34 heavy (non-hydrogen) atoms. The molecule has 1 saturated carbocycles. The van der Waals surface area contributed by atoms with Crippen LogP contribution >= 0.6 is 0 Å². The molecule has 1 amide bonds. The third kappa shape index (κ3) is 3.90. The van der Waals surface area contributed by atoms with E-state index in [2.05, 4.69) is 15.4 Å². The Kier molecular flexibility index (Phi) is 5.32. The number of hydrogen-bond acceptors (Lipinski definition) is 7. The van der Waals surface area contributed by atoms with Crippen molar-refractivity contribution in [2.45, 2.75) is 37.5 Å². The lowest BCUT2D eigenvalue weighted by molar-refractivity contribution is 0.102. The Morgan fingerprint density at radius 1 is 1.21 bits per heavy atom. The van der Waals surface area contributed by atoms with E-state index in [4.69, 9.17) is 4.98 Å². The molecule has 0 atom stereocenters. The molecule has 10 heteroatoms. The van der Waals surface area contributed by atoms with E-state index in [9.17, 15) is 18.3 Å². The van der Waals surface area contributed by atoms with Gasteiger partial charge in [-0.3, -0.25) is 4.79 Å². The predicted octanol–water partition coefficient (Wildman–Crippen LogP) is 3.75. The molecule has 1 aliphatic carbocycles. The van der Waals surface area contributed by atoms with Crippen molar-refractivity contribution in [2.75, 3.05) is 11.1 Å². The number of sulfone groups is 1. The topological polar surface area (TPSA) is 127 Å². The number of rotatable bonds is 6. The lowest BCUT2D eigenvalue weighted by atomic mass is 10.1. The van der Waals surface area contributed by atoms with Crippen molar-refractivity contribution in [3.63, 3.8) is 0 Å². The molecule has 0 unspecified atom stereocenters. The molecule has 0 bridgehead atoms. The van der Waals surface area contributed by atoms with Gasteiger partial charge in [0.25, 0.3) is 5.91 Å². The van der Waals surface area contributed by atoms with Gasteiger partial charge in [-0.2, -0.15) is 9.78 Å². The van der Waals surface area contributed by atoms with Crippen LogP contribution in [0.2, 0.25) is 0 Å². The molecule has 4 aromatic rings. The molecule has 0 radical (unpaired) electrons. The quantitative estimate of drug-likeness (QED) is 0.405. The second-order valence-electron chi connectivity index (χ2n) is 8.29. The Bertz CT molecular complexity index is 1530. The van der Waals surface area contributed by atoms with Crippen LogP contribution in [-0.2, 0) is 9.84 Å². The lowest BCUT2D eigenvalue weighted by Gasteiger charge is -2.12. The fraction of sp³-hybridized carbons (Fsp3) is 0.250. The summed E-state index contributed by atoms with van der Waals surface area (Å²) < 4.78 is 26.2. The van der Waals surface area contributed by atoms with Crippen molar-refractivity contribution in [3.8, 4) is 11.6 Å². The summed E-state index contributed by atoms with van der Waals surface area (Å²) in [6.45, 7) is 3.33. The standard InChI is InChI=1S/C24H23N5O4S/c1-3-34(32,33)16-9-10-20(30)19(12-16)27-24(31)17-13-18(15-7-8-15)26-23-22(17)14(2)28-29(23)21-6-4-5-11-25-21/h4-6,9-13,15,30H,3,7-8H2,1-2H3,(H,27,31). The highest BCUT2D eigenvalue weighted by Gasteiger charge is 2.29. The van der Waals surface area contributed by atoms with Crippen LogP contribution in [0.4, 0.5) is 5.69 Å². The van der Waals surface area contributed by atoms with Gasteiger partial charge in [0.05, 0.1) is 33.0 Å². The first kappa shape index (κ1) is 22.0. The second-order valence-corrected chi connectivity index (χ2v) is 10.6. The van der Waals surface area contributed by atoms with E-state index < -0.39 is 15.7 Å². The highest BCUT2D eigenvalue weighted by atomic mass is 32.2. The van der Waals surface area contributed by atoms with Crippen molar-refractivity contribution in [2.24, 2.45) is 0 Å². The summed E-state index contributed by atoms with van der Waals surface area (Å²) in [4.78, 5) is 22.7. The summed E-state index contributed by atoms with van der Waals surface area (Å²) in [6, 6.07) is 11.1. The smallest absolute Gasteiger partial charge is 0.256 e. The zero-order valence-corrected chi connectivity index (χ0v) is 19.5. The van der Waals surface area contributed by atoms with Crippen LogP contribution in [0, 0.1) is 6.92 Å². The number of nitrogens with one attached hydrogen (secondary N) is 1. The summed E-state index contributed by atoms with van der Waals surface area (Å²) in [7, 11) is -3.51. The summed E-state index contributed by atoms with van der Waals surface area (Å²) in [5.41, 5.74) is 2.30. The van der Waals surface area contributed by atoms with Gasteiger partial charge in [0, 0.05) is 17.8 Å². The van der Waals surface area contributed by atoms with Crippen molar-refractivity contribution in [3.05, 3.63) is 65.6 Å². The molecule has 174 valence electrons. The average molecular weight is 478 g/mol. The molecule has 0 saturated heterocycles. The Balaban J connectivity index is 1.62. The highest BCUT2D eigenvalue weighted by molar-refractivity contribution is 7.91. The predicted molar refractivity (Wildman–Crippen MR) is 127 cm³/mol. The van der Waals surface area contributed by atoms with Gasteiger partial charge in [0.15, 0.2) is 21.3 Å². The number of benzene rings is 1. The Hall–Kier alpha value is -3.79. The van der Waals surface area contributed by atoms with Crippen LogP contribution in [0.5, 0.6) is 5.75 Å². The van der Waals surface area contributed by atoms with Crippen molar-refractivity contribution >= 4 is 32.5 Å². The molecule has 2 N–H and O–H groups in total. The van der Waals surface area contributed by atoms with Gasteiger partial charge in [-0.05, 0) is 56.2 Å². The average Bonchev–Trinajstić information content (AvgIpc) is 3.64. The molecule has 1 aliphatic rings. The fourth-order valence-electron chi connectivity index (χ4n) is 3.88. The molecular weight excluding hydrogens is 454 g/mol. The zero-order valence-electron chi connectivity index (χ0n) is 18.7. The van der Waals surface area contributed by atoms with E-state index in [0.717, 1.165) is 18.5 Å². The number of aromatic nitrogens is 4. The Morgan fingerprint density at radius 3 is 2.68 bits per heavy atom. The normalized spacial score (nSPS) is 13.8. The van der Waals surface area contributed by atoms with Crippen LogP contribution < -0.4 is 5.32 Å². The number of carbonyl (C=O) groups excluding carboxylic acids is 1. The number of aromatic hydroxyl groups is 1. The lowest BCUT2D eigenvalue weighted by Crippen LogP contribution is -2.14. The van der Waals surface area contributed by atoms with Crippen molar-refractivity contribution in [1.82, 2.24) is 19.7 Å². The molecule has 0 aliphatic heterocycles. The van der Waals surface area contributed by atoms with Gasteiger partial charge < -0.3 is 10.4 Å². The fourth-order valence-corrected chi connectivity index (χ4v) is 4.79. The van der Waals surface area contributed by atoms with Gasteiger partial charge in [0.2, 0.25) is 0 Å². The Labute approximate surface area is 196 Å². The van der Waals surface area contributed by atoms with Crippen LogP contribution in [0.15, 0.2) is 53.6 Å². The zero-order chi connectivity index (χ0) is 24.0. The number of hydrogen-bond donors (Lipinski definition) is 2. The molecule has 3 aromatic heterocycles. The number of pyridine rings is 2. The van der Waals surface area contributed by atoms with Gasteiger partial charge in [0.1, 0.15) is 5.75 Å². The first-order valence-corrected chi connectivity index (χ1v) is 12.6. The van der Waals surface area contributed by atoms with Crippen LogP contribution in [-0.4, -0.2) is 44.9 Å². The highest BCUT2D eigenvalue weighted by Crippen LogP contribution is 2.41. The number of phenolic OH excluding ortho intramolecular Hbond substituents is 1. The van der Waals surface area contributed by atoms with E-state index in [-0.39, 0.29) is 28.0 Å². The molecule has 1 fully saturated rings. The number of carbonyl (C=O) groups is 1. The summed E-state index contributed by atoms with van der Waals surface area (Å²) >= 11 is 0. The maximum atomic E-state index is 13.5. The monoisotopic (exact) mass is 477 g/mol. The number of fused-ring (bicyclic) bond motifs is 1. The number of amides is 1. The van der Waals surface area contributed by atoms with Crippen molar-refractivity contribution < 1.29 is 18.3 Å². The molecule has 3 heterocycles. The van der Waals surface area contributed by atoms with Crippen LogP contribution in [0.1, 0.15) is 47.4 Å². The first-order chi connectivity index (χ1) is 16.3. The molecule has 5 rings (SSSR count). The van der Waals surface area contributed by atoms with Crippen molar-refractivity contribution in [1.29, 1.82) is 0 Å². The molecule has 0 spiro atoms. The van der Waals surface area contributed by atoms with Gasteiger partial charge in [-0.1, -0.05) is 13.0 Å². The van der Waals surface area contributed by atoms with Gasteiger partial charge >= 0.3 is 0 Å². The first-order valence-electron chi connectivity index (χ1n) is 11.0. The number of nitrogens with zero attached hydrogens (tertiary/aromatic N) is 4. The maximum Gasteiger partial charge on any atom is 0.256 e. The SMILES string of the molecule is CCS(=O)(=O)c1ccc(O)c(NC(=O)c2cc(C3CC3)nc3c2c(C)nn3-c2ccccn2)c1. The third-order valence-corrected chi connectivity index (χ3v) is 7.63. The van der Waals surface area contributed by atoms with E-state index in [0.29, 0.717) is 28.1 Å². The number of phenols is 1. The number of aryl methyl sites for hydroxylation is 1. The second kappa shape index (κ2) is 8.21. The number of anilines is 1. The van der Waals surface area contributed by atoms with Gasteiger partial charge in [-0.25, -0.2) is 18.4 Å². The van der Waals surface area contributed by atoms with Crippen LogP contribution in [0.3, 0.4) is 0 Å². The van der Waals surface area contributed by atoms with Gasteiger partial charge in [-0.15, -0.1) is 0 Å². The largest absolute Gasteiger partial charge is 0.506 e. The molecule has 1 aromatic carbocycles. The summed E-state index contributed by atoms with van der Waals surface area (Å²) in [6.07, 6.45) is 3.65. The minimum absolute atomic E-state index is 0.0206. The minimum Gasteiger partial charge on any atom is -0.506 e. The third-order valence-electron chi connectivity index (χ3n) is 5.89. The van der Waals surface area contributed by atoms with E-state index in [1.54, 1.807) is 23.9 Å².